The van der Waals surface area contributed by atoms with Crippen LogP contribution in [0.25, 0.3) is 0 Å². The highest BCUT2D eigenvalue weighted by Crippen LogP contribution is 2.27. The van der Waals surface area contributed by atoms with Crippen LogP contribution in [0.15, 0.2) is 23.8 Å². The van der Waals surface area contributed by atoms with Gasteiger partial charge in [0, 0.05) is 11.0 Å². The van der Waals surface area contributed by atoms with Gasteiger partial charge in [-0.1, -0.05) is 45.3 Å². The third kappa shape index (κ3) is 10.9. The highest BCUT2D eigenvalue weighted by atomic mass is 35.5. The summed E-state index contributed by atoms with van der Waals surface area (Å²) in [5, 5.41) is 0. The molecule has 0 radical (unpaired) electrons. The Morgan fingerprint density at radius 2 is 2.00 bits per heavy atom. The SMILES string of the molecule is CCOC(=O)C=C(C)C=CCC(CC)CCCC(C)(Cl)CC. The van der Waals surface area contributed by atoms with Crippen molar-refractivity contribution in [2.24, 2.45) is 5.92 Å². The number of allylic oxidation sites excluding steroid dienone is 3. The summed E-state index contributed by atoms with van der Waals surface area (Å²) in [4.78, 5) is 11.3. The van der Waals surface area contributed by atoms with Gasteiger partial charge in [-0.2, -0.15) is 0 Å². The molecule has 0 aliphatic rings. The highest BCUT2D eigenvalue weighted by Gasteiger charge is 2.17. The zero-order chi connectivity index (χ0) is 17.0. The van der Waals surface area contributed by atoms with Gasteiger partial charge >= 0.3 is 5.97 Å². The number of hydrogen-bond donors (Lipinski definition) is 0. The van der Waals surface area contributed by atoms with E-state index in [9.17, 15) is 4.79 Å². The molecule has 0 saturated heterocycles. The molecular formula is C19H33ClO2. The molecule has 0 aromatic heterocycles. The maximum Gasteiger partial charge on any atom is 0.330 e. The van der Waals surface area contributed by atoms with Crippen LogP contribution in [0.5, 0.6) is 0 Å². The summed E-state index contributed by atoms with van der Waals surface area (Å²) >= 11 is 6.40. The number of alkyl halides is 1. The molecule has 0 aliphatic carbocycles. The van der Waals surface area contributed by atoms with E-state index in [1.54, 1.807) is 6.08 Å². The molecule has 0 spiro atoms. The first-order valence-electron chi connectivity index (χ1n) is 8.55. The fraction of sp³-hybridized carbons (Fsp3) is 0.737. The molecule has 0 rings (SSSR count). The largest absolute Gasteiger partial charge is 0.463 e. The number of halogens is 1. The lowest BCUT2D eigenvalue weighted by atomic mass is 9.92. The maximum atomic E-state index is 11.3. The van der Waals surface area contributed by atoms with Crippen LogP contribution in [0.2, 0.25) is 0 Å². The fourth-order valence-electron chi connectivity index (χ4n) is 2.29. The Hall–Kier alpha value is -0.760. The normalized spacial score (nSPS) is 16.5. The highest BCUT2D eigenvalue weighted by molar-refractivity contribution is 6.23. The van der Waals surface area contributed by atoms with Gasteiger partial charge in [0.25, 0.3) is 0 Å². The van der Waals surface area contributed by atoms with Crippen molar-refractivity contribution >= 4 is 17.6 Å². The van der Waals surface area contributed by atoms with Gasteiger partial charge < -0.3 is 4.74 Å². The molecule has 0 saturated carbocycles. The summed E-state index contributed by atoms with van der Waals surface area (Å²) in [6, 6.07) is 0. The molecular weight excluding hydrogens is 296 g/mol. The molecule has 0 aliphatic heterocycles. The van der Waals surface area contributed by atoms with Crippen molar-refractivity contribution in [2.75, 3.05) is 6.61 Å². The molecule has 2 unspecified atom stereocenters. The third-order valence-electron chi connectivity index (χ3n) is 4.11. The molecule has 22 heavy (non-hydrogen) atoms. The van der Waals surface area contributed by atoms with Crippen LogP contribution in [-0.4, -0.2) is 17.5 Å². The van der Waals surface area contributed by atoms with Crippen molar-refractivity contribution in [3.63, 3.8) is 0 Å². The summed E-state index contributed by atoms with van der Waals surface area (Å²) in [5.41, 5.74) is 0.938. The Kier molecular flexibility index (Phi) is 11.4. The first-order valence-corrected chi connectivity index (χ1v) is 8.92. The third-order valence-corrected chi connectivity index (χ3v) is 4.56. The number of esters is 1. The second-order valence-electron chi connectivity index (χ2n) is 6.21. The van der Waals surface area contributed by atoms with E-state index in [0.717, 1.165) is 24.8 Å². The van der Waals surface area contributed by atoms with E-state index < -0.39 is 0 Å². The summed E-state index contributed by atoms with van der Waals surface area (Å²) in [5.74, 6) is 0.425. The van der Waals surface area contributed by atoms with E-state index in [0.29, 0.717) is 12.5 Å². The molecule has 0 fully saturated rings. The van der Waals surface area contributed by atoms with Crippen LogP contribution in [0, 0.1) is 5.92 Å². The molecule has 0 N–H and O–H groups in total. The zero-order valence-corrected chi connectivity index (χ0v) is 15.7. The second kappa shape index (κ2) is 11.8. The second-order valence-corrected chi connectivity index (χ2v) is 7.12. The standard InChI is InChI=1S/C19H33ClO2/c1-6-17(13-10-14-19(5,20)7-2)12-9-11-16(4)15-18(21)22-8-3/h9,11,15,17H,6-8,10,12-14H2,1-5H3. The van der Waals surface area contributed by atoms with Gasteiger partial charge in [-0.3, -0.25) is 0 Å². The lowest BCUT2D eigenvalue weighted by molar-refractivity contribution is -0.137. The fourth-order valence-corrected chi connectivity index (χ4v) is 2.42. The summed E-state index contributed by atoms with van der Waals surface area (Å²) in [6.07, 6.45) is 12.4. The van der Waals surface area contributed by atoms with Gasteiger partial charge in [-0.15, -0.1) is 11.6 Å². The van der Waals surface area contributed by atoms with Gasteiger partial charge in [-0.25, -0.2) is 4.79 Å². The van der Waals surface area contributed by atoms with Crippen molar-refractivity contribution in [3.05, 3.63) is 23.8 Å². The average molecular weight is 329 g/mol. The molecule has 0 aromatic carbocycles. The molecule has 2 nitrogen and oxygen atoms in total. The van der Waals surface area contributed by atoms with Crippen LogP contribution in [-0.2, 0) is 9.53 Å². The van der Waals surface area contributed by atoms with Crippen molar-refractivity contribution in [1.29, 1.82) is 0 Å². The molecule has 0 aromatic rings. The number of hydrogen-bond acceptors (Lipinski definition) is 2. The Bertz CT molecular complexity index is 370. The molecule has 0 heterocycles. The van der Waals surface area contributed by atoms with E-state index in [1.165, 1.54) is 19.3 Å². The molecule has 3 heteroatoms. The minimum Gasteiger partial charge on any atom is -0.463 e. The monoisotopic (exact) mass is 328 g/mol. The van der Waals surface area contributed by atoms with Crippen molar-refractivity contribution in [1.82, 2.24) is 0 Å². The van der Waals surface area contributed by atoms with E-state index in [1.807, 2.05) is 19.9 Å². The van der Waals surface area contributed by atoms with Crippen LogP contribution in [0.3, 0.4) is 0 Å². The predicted octanol–water partition coefficient (Wildman–Crippen LogP) is 6.05. The van der Waals surface area contributed by atoms with Crippen LogP contribution >= 0.6 is 11.6 Å². The van der Waals surface area contributed by atoms with Gasteiger partial charge in [0.1, 0.15) is 0 Å². The summed E-state index contributed by atoms with van der Waals surface area (Å²) in [7, 11) is 0. The molecule has 0 amide bonds. The minimum absolute atomic E-state index is 0.0485. The first kappa shape index (κ1) is 21.2. The quantitative estimate of drug-likeness (QED) is 0.200. The predicted molar refractivity (Wildman–Crippen MR) is 96.3 cm³/mol. The zero-order valence-electron chi connectivity index (χ0n) is 15.0. The van der Waals surface area contributed by atoms with E-state index in [2.05, 4.69) is 26.8 Å². The topological polar surface area (TPSA) is 26.3 Å². The maximum absolute atomic E-state index is 11.3. The minimum atomic E-state index is -0.266. The van der Waals surface area contributed by atoms with Crippen LogP contribution in [0.1, 0.15) is 73.1 Å². The lowest BCUT2D eigenvalue weighted by Crippen LogP contribution is -2.14. The smallest absolute Gasteiger partial charge is 0.330 e. The van der Waals surface area contributed by atoms with Gasteiger partial charge in [0.15, 0.2) is 0 Å². The van der Waals surface area contributed by atoms with Gasteiger partial charge in [0.2, 0.25) is 0 Å². The van der Waals surface area contributed by atoms with Crippen molar-refractivity contribution in [3.8, 4) is 0 Å². The Morgan fingerprint density at radius 3 is 2.55 bits per heavy atom. The Labute approximate surface area is 142 Å². The van der Waals surface area contributed by atoms with E-state index in [-0.39, 0.29) is 10.8 Å². The number of rotatable bonds is 11. The number of carbonyl (C=O) groups is 1. The van der Waals surface area contributed by atoms with Crippen LogP contribution in [0.4, 0.5) is 0 Å². The van der Waals surface area contributed by atoms with E-state index in [4.69, 9.17) is 16.3 Å². The first-order chi connectivity index (χ1) is 10.3. The van der Waals surface area contributed by atoms with Gasteiger partial charge in [0.05, 0.1) is 6.61 Å². The molecule has 0 bridgehead atoms. The lowest BCUT2D eigenvalue weighted by Gasteiger charge is -2.21. The number of ether oxygens (including phenoxy) is 1. The van der Waals surface area contributed by atoms with E-state index >= 15 is 0 Å². The Morgan fingerprint density at radius 1 is 1.32 bits per heavy atom. The number of carbonyl (C=O) groups excluding carboxylic acids is 1. The summed E-state index contributed by atoms with van der Waals surface area (Å²) in [6.45, 7) is 10.7. The molecule has 2 atom stereocenters. The van der Waals surface area contributed by atoms with Gasteiger partial charge in [-0.05, 0) is 51.5 Å². The van der Waals surface area contributed by atoms with Crippen LogP contribution < -0.4 is 0 Å². The van der Waals surface area contributed by atoms with Crippen molar-refractivity contribution in [2.45, 2.75) is 78.0 Å². The summed E-state index contributed by atoms with van der Waals surface area (Å²) < 4.78 is 4.89. The van der Waals surface area contributed by atoms with Crippen molar-refractivity contribution < 1.29 is 9.53 Å². The average Bonchev–Trinajstić information content (AvgIpc) is 2.45. The molecule has 128 valence electrons. The Balaban J connectivity index is 4.18.